The summed E-state index contributed by atoms with van der Waals surface area (Å²) in [6, 6.07) is 18.1. The number of fused-ring (bicyclic) bond motifs is 2. The lowest BCUT2D eigenvalue weighted by Crippen LogP contribution is -2.45. The van der Waals surface area contributed by atoms with Crippen LogP contribution in [0.4, 0.5) is 5.95 Å². The fraction of sp³-hybridized carbons (Fsp3) is 0.371. The predicted octanol–water partition coefficient (Wildman–Crippen LogP) is 4.83. The Kier molecular flexibility index (Phi) is 10.9. The maximum absolute atomic E-state index is 13.6. The van der Waals surface area contributed by atoms with Crippen molar-refractivity contribution >= 4 is 64.6 Å². The molecule has 0 radical (unpaired) electrons. The lowest BCUT2D eigenvalue weighted by atomic mass is 9.96. The number of imidazole rings is 1. The molecule has 3 heterocycles. The van der Waals surface area contributed by atoms with E-state index in [0.717, 1.165) is 5.39 Å². The molecule has 1 aliphatic heterocycles. The van der Waals surface area contributed by atoms with Crippen LogP contribution in [-0.4, -0.2) is 73.8 Å². The molecule has 4 N–H and O–H groups in total. The summed E-state index contributed by atoms with van der Waals surface area (Å²) >= 11 is 1.96. The van der Waals surface area contributed by atoms with Gasteiger partial charge in [0.25, 0.3) is 0 Å². The number of ether oxygens (including phenoxy) is 4. The number of rotatable bonds is 11. The van der Waals surface area contributed by atoms with Crippen molar-refractivity contribution < 1.29 is 43.4 Å². The first kappa shape index (κ1) is 37.6. The number of hydrogen-bond acceptors (Lipinski definition) is 14. The molecule has 2 aromatic heterocycles. The van der Waals surface area contributed by atoms with Crippen LogP contribution in [0.2, 0.25) is 0 Å². The van der Waals surface area contributed by atoms with Crippen LogP contribution in [0.5, 0.6) is 17.4 Å². The summed E-state index contributed by atoms with van der Waals surface area (Å²) in [6.07, 6.45) is -3.67. The molecule has 1 aliphatic rings. The zero-order valence-electron chi connectivity index (χ0n) is 29.0. The van der Waals surface area contributed by atoms with Gasteiger partial charge in [-0.25, -0.2) is 9.78 Å². The number of carbonyl (C=O) groups is 1. The second kappa shape index (κ2) is 15.0. The van der Waals surface area contributed by atoms with Crippen molar-refractivity contribution in [3.05, 3.63) is 76.1 Å². The molecule has 52 heavy (non-hydrogen) atoms. The summed E-state index contributed by atoms with van der Waals surface area (Å²) in [6.45, 7) is 7.10. The van der Waals surface area contributed by atoms with Gasteiger partial charge in [0.2, 0.25) is 23.6 Å². The third-order valence-corrected chi connectivity index (χ3v) is 9.80. The number of methoxy groups -OCH3 is 1. The summed E-state index contributed by atoms with van der Waals surface area (Å²) in [5.41, 5.74) is 4.81. The van der Waals surface area contributed by atoms with Crippen LogP contribution < -0.4 is 24.6 Å². The van der Waals surface area contributed by atoms with E-state index in [1.54, 1.807) is 54.6 Å². The topological polar surface area (TPSA) is 209 Å². The van der Waals surface area contributed by atoms with Crippen molar-refractivity contribution in [2.75, 3.05) is 26.1 Å². The summed E-state index contributed by atoms with van der Waals surface area (Å²) in [4.78, 5) is 39.7. The number of nitrogens with zero attached hydrogens (tertiary/aromatic N) is 5. The molecule has 17 heteroatoms. The zero-order valence-corrected chi connectivity index (χ0v) is 32.0. The van der Waals surface area contributed by atoms with Gasteiger partial charge in [0.05, 0.1) is 13.7 Å². The average Bonchev–Trinajstić information content (AvgIpc) is 3.55. The maximum atomic E-state index is 13.6. The number of carbonyl (C=O) groups excluding carboxylic acids is 1. The predicted molar refractivity (Wildman–Crippen MR) is 199 cm³/mol. The van der Waals surface area contributed by atoms with Gasteiger partial charge in [-0.1, -0.05) is 86.2 Å². The van der Waals surface area contributed by atoms with Gasteiger partial charge in [-0.15, -0.1) is 0 Å². The van der Waals surface area contributed by atoms with Crippen molar-refractivity contribution in [3.63, 3.8) is 0 Å². The Morgan fingerprint density at radius 3 is 2.56 bits per heavy atom. The smallest absolute Gasteiger partial charge is 0.395 e. The summed E-state index contributed by atoms with van der Waals surface area (Å²) in [5, 5.41) is 24.2. The Labute approximate surface area is 313 Å². The van der Waals surface area contributed by atoms with Crippen LogP contribution in [0.3, 0.4) is 0 Å². The van der Waals surface area contributed by atoms with Gasteiger partial charge < -0.3 is 39.8 Å². The molecule has 0 spiro atoms. The number of aliphatic hydroxyl groups is 2. The van der Waals surface area contributed by atoms with E-state index in [1.165, 1.54) is 18.6 Å². The van der Waals surface area contributed by atoms with E-state index in [0.29, 0.717) is 20.3 Å². The normalized spacial score (nSPS) is 21.3. The van der Waals surface area contributed by atoms with E-state index >= 15 is 0 Å². The fourth-order valence-corrected chi connectivity index (χ4v) is 7.22. The zero-order chi connectivity index (χ0) is 37.4. The number of aromatic nitrogens is 4. The monoisotopic (exact) mass is 844 g/mol. The quantitative estimate of drug-likeness (QED) is 0.0706. The van der Waals surface area contributed by atoms with Crippen LogP contribution in [0, 0.1) is 9.25 Å². The van der Waals surface area contributed by atoms with Crippen LogP contribution in [0.15, 0.2) is 71.5 Å². The highest BCUT2D eigenvalue weighted by molar-refractivity contribution is 14.1. The van der Waals surface area contributed by atoms with Crippen LogP contribution in [0.1, 0.15) is 45.5 Å². The minimum absolute atomic E-state index is 0.0780. The van der Waals surface area contributed by atoms with E-state index < -0.39 is 44.2 Å². The first-order valence-electron chi connectivity index (χ1n) is 16.2. The number of halogens is 1. The molecule has 6 atom stereocenters. The van der Waals surface area contributed by atoms with Gasteiger partial charge in [-0.2, -0.15) is 9.97 Å². The van der Waals surface area contributed by atoms with E-state index in [4.69, 9.17) is 29.2 Å². The molecule has 6 rings (SSSR count). The minimum Gasteiger partial charge on any atom is -0.575 e. The van der Waals surface area contributed by atoms with Gasteiger partial charge >= 0.3 is 14.1 Å². The van der Waals surface area contributed by atoms with Crippen molar-refractivity contribution in [1.82, 2.24) is 19.5 Å². The number of hydrogen-bond donors (Lipinski definition) is 3. The number of nitrogens with two attached hydrogens (primary N) is 1. The molecule has 1 unspecified atom stereocenters. The van der Waals surface area contributed by atoms with Gasteiger partial charge in [-0.05, 0) is 29.4 Å². The van der Waals surface area contributed by atoms with E-state index in [1.807, 2.05) is 55.5 Å². The van der Waals surface area contributed by atoms with Gasteiger partial charge in [0.1, 0.15) is 24.4 Å². The number of esters is 1. The lowest BCUT2D eigenvalue weighted by molar-refractivity contribution is -0.170. The van der Waals surface area contributed by atoms with E-state index in [2.05, 4.69) is 19.7 Å². The van der Waals surface area contributed by atoms with Crippen LogP contribution in [-0.2, 0) is 14.3 Å². The van der Waals surface area contributed by atoms with Crippen LogP contribution in [0.25, 0.3) is 21.9 Å². The average molecular weight is 845 g/mol. The van der Waals surface area contributed by atoms with Crippen molar-refractivity contribution in [1.29, 1.82) is 0 Å². The van der Waals surface area contributed by atoms with Gasteiger partial charge in [-0.3, -0.25) is 9.09 Å². The molecular weight excluding hydrogens is 806 g/mol. The number of nitrogen functional groups attached to an aromatic ring is 1. The van der Waals surface area contributed by atoms with Gasteiger partial charge in [0, 0.05) is 28.0 Å². The summed E-state index contributed by atoms with van der Waals surface area (Å²) < 4.78 is 35.4. The molecule has 0 aliphatic carbocycles. The van der Waals surface area contributed by atoms with E-state index in [-0.39, 0.29) is 47.6 Å². The van der Waals surface area contributed by atoms with Gasteiger partial charge in [0.15, 0.2) is 27.0 Å². The Balaban J connectivity index is 1.28. The van der Waals surface area contributed by atoms with Crippen LogP contribution >= 0.6 is 30.8 Å². The highest BCUT2D eigenvalue weighted by atomic mass is 127. The molecule has 1 fully saturated rings. The first-order chi connectivity index (χ1) is 24.7. The second-order valence-corrected chi connectivity index (χ2v) is 15.4. The largest absolute Gasteiger partial charge is 0.575 e. The molecule has 0 amide bonds. The molecule has 274 valence electrons. The second-order valence-electron chi connectivity index (χ2n) is 13.6. The van der Waals surface area contributed by atoms with Crippen molar-refractivity contribution in [2.45, 2.75) is 57.8 Å². The summed E-state index contributed by atoms with van der Waals surface area (Å²) in [5.74, 6) is -0.336. The molecule has 15 nitrogen and oxygen atoms in total. The Hall–Kier alpha value is -4.19. The van der Waals surface area contributed by atoms with Crippen molar-refractivity contribution in [3.8, 4) is 17.4 Å². The SMILES string of the molecule is COc1nc(N)nc2c1nc(I)n2[C@@H]1O[C@H](COc2ccc3ccccc3c2O[P+]([O-])=N[C@@H](C(=O)OCC(C)(C)C)c2ccccc2)[C@@H](O)[C@@]1(C)O. The number of anilines is 1. The maximum Gasteiger partial charge on any atom is 0.395 e. The highest BCUT2D eigenvalue weighted by Gasteiger charge is 2.54. The molecule has 0 saturated carbocycles. The standard InChI is InChI=1S/C35H38IN6O9P/c1-34(2,3)18-49-30(44)24(20-12-7-6-8-13-20)41-52(46)51-26-21-14-10-9-11-19(21)15-16-22(26)48-17-23-27(43)35(4,45)31(50-23)42-28-25(38-32(42)36)29(47-5)40-33(37)39-28/h6-16,23-24,27,31,43,45H,17-18H2,1-5H3,(H2,37,39,40)/t23-,24-,27-,31-,35-/m1/s1. The molecule has 3 aromatic carbocycles. The fourth-order valence-electron chi connectivity index (χ4n) is 5.69. The number of aliphatic hydroxyl groups excluding tert-OH is 1. The third-order valence-electron chi connectivity index (χ3n) is 8.28. The number of benzene rings is 3. The van der Waals surface area contributed by atoms with Crippen molar-refractivity contribution in [2.24, 2.45) is 10.2 Å². The first-order valence-corrected chi connectivity index (χ1v) is 18.4. The molecular formula is C35H38IN6O9P. The molecule has 0 bridgehead atoms. The summed E-state index contributed by atoms with van der Waals surface area (Å²) in [7, 11) is -1.43. The minimum atomic E-state index is -2.86. The lowest BCUT2D eigenvalue weighted by Gasteiger charge is -2.27. The third kappa shape index (κ3) is 7.77. The molecule has 5 aromatic rings. The Morgan fingerprint density at radius 1 is 1.13 bits per heavy atom. The Morgan fingerprint density at radius 2 is 1.85 bits per heavy atom. The highest BCUT2D eigenvalue weighted by Crippen LogP contribution is 2.44. The van der Waals surface area contributed by atoms with E-state index in [9.17, 15) is 19.9 Å². The molecule has 1 saturated heterocycles. The Bertz CT molecular complexity index is 2130.